The molecule has 12 heteroatoms. The van der Waals surface area contributed by atoms with Crippen LogP contribution in [0.15, 0.2) is 61.2 Å². The summed E-state index contributed by atoms with van der Waals surface area (Å²) < 4.78 is 39.6. The number of carbonyl (C=O) groups excluding carboxylic acids is 2. The summed E-state index contributed by atoms with van der Waals surface area (Å²) in [6.45, 7) is 0.728. The van der Waals surface area contributed by atoms with E-state index in [-0.39, 0.29) is 48.7 Å². The molecule has 1 saturated heterocycles. The predicted octanol–water partition coefficient (Wildman–Crippen LogP) is 3.40. The van der Waals surface area contributed by atoms with Crippen molar-refractivity contribution in [1.29, 1.82) is 0 Å². The van der Waals surface area contributed by atoms with Crippen LogP contribution in [0.1, 0.15) is 26.3 Å². The lowest BCUT2D eigenvalue weighted by molar-refractivity contribution is -0.384. The Morgan fingerprint density at radius 2 is 1.47 bits per heavy atom. The summed E-state index contributed by atoms with van der Waals surface area (Å²) in [5, 5.41) is 11.5. The topological polar surface area (TPSA) is 102 Å². The number of halogens is 3. The van der Waals surface area contributed by atoms with Gasteiger partial charge in [-0.2, -0.15) is 13.2 Å². The second-order valence-corrected chi connectivity index (χ2v) is 7.59. The number of hydrogen-bond acceptors (Lipinski definition) is 5. The van der Waals surface area contributed by atoms with E-state index in [1.165, 1.54) is 45.1 Å². The van der Waals surface area contributed by atoms with Crippen LogP contribution < -0.4 is 0 Å². The first kappa shape index (κ1) is 23.0. The zero-order valence-electron chi connectivity index (χ0n) is 17.6. The molecule has 0 aliphatic carbocycles. The van der Waals surface area contributed by atoms with E-state index in [1.54, 1.807) is 6.20 Å². The van der Waals surface area contributed by atoms with Gasteiger partial charge in [-0.15, -0.1) is 0 Å². The van der Waals surface area contributed by atoms with Crippen molar-refractivity contribution in [2.75, 3.05) is 26.2 Å². The first-order valence-electron chi connectivity index (χ1n) is 10.2. The third-order valence-electron chi connectivity index (χ3n) is 5.51. The third kappa shape index (κ3) is 4.60. The Labute approximate surface area is 191 Å². The number of hydrogen-bond donors (Lipinski definition) is 0. The minimum absolute atomic E-state index is 0.124. The van der Waals surface area contributed by atoms with Gasteiger partial charge in [0.1, 0.15) is 5.69 Å². The van der Waals surface area contributed by atoms with E-state index in [1.807, 2.05) is 0 Å². The van der Waals surface area contributed by atoms with Gasteiger partial charge in [0, 0.05) is 55.8 Å². The van der Waals surface area contributed by atoms with Crippen molar-refractivity contribution in [3.05, 3.63) is 88.0 Å². The highest BCUT2D eigenvalue weighted by Gasteiger charge is 2.31. The molecule has 3 aromatic rings. The summed E-state index contributed by atoms with van der Waals surface area (Å²) in [5.41, 5.74) is -0.560. The predicted molar refractivity (Wildman–Crippen MR) is 113 cm³/mol. The molecule has 1 fully saturated rings. The maximum absolute atomic E-state index is 12.9. The molecular formula is C22H18F3N5O4. The minimum atomic E-state index is -4.49. The molecule has 0 atom stereocenters. The smallest absolute Gasteiger partial charge is 0.335 e. The fourth-order valence-electron chi connectivity index (χ4n) is 3.70. The molecule has 0 spiro atoms. The number of nitrogens with zero attached hydrogens (tertiary/aromatic N) is 5. The third-order valence-corrected chi connectivity index (χ3v) is 5.51. The molecular weight excluding hydrogens is 455 g/mol. The molecule has 176 valence electrons. The molecule has 34 heavy (non-hydrogen) atoms. The SMILES string of the molecule is O=C(c1ccc(C(F)(F)F)cc1)N1CCN(C(=O)c2ccc(-n3ccnc3)c([N+](=O)[O-])c2)CC1. The van der Waals surface area contributed by atoms with Crippen LogP contribution in [0.2, 0.25) is 0 Å². The number of nitro groups is 1. The Morgan fingerprint density at radius 3 is 1.97 bits per heavy atom. The first-order valence-corrected chi connectivity index (χ1v) is 10.2. The van der Waals surface area contributed by atoms with Crippen LogP contribution in [-0.2, 0) is 6.18 Å². The number of aromatic nitrogens is 2. The quantitative estimate of drug-likeness (QED) is 0.427. The molecule has 2 amide bonds. The van der Waals surface area contributed by atoms with E-state index in [9.17, 15) is 32.9 Å². The maximum atomic E-state index is 12.9. The molecule has 4 rings (SSSR count). The van der Waals surface area contributed by atoms with Gasteiger partial charge in [0.05, 0.1) is 16.8 Å². The van der Waals surface area contributed by atoms with Crippen LogP contribution in [0.3, 0.4) is 0 Å². The monoisotopic (exact) mass is 473 g/mol. The summed E-state index contributed by atoms with van der Waals surface area (Å²) in [6, 6.07) is 8.13. The minimum Gasteiger partial charge on any atom is -0.335 e. The van der Waals surface area contributed by atoms with Gasteiger partial charge in [-0.05, 0) is 36.4 Å². The normalized spacial score (nSPS) is 14.2. The van der Waals surface area contributed by atoms with Crippen molar-refractivity contribution < 1.29 is 27.7 Å². The van der Waals surface area contributed by atoms with E-state index in [0.717, 1.165) is 24.3 Å². The van der Waals surface area contributed by atoms with Gasteiger partial charge in [-0.3, -0.25) is 19.7 Å². The second-order valence-electron chi connectivity index (χ2n) is 7.59. The highest BCUT2D eigenvalue weighted by atomic mass is 19.4. The van der Waals surface area contributed by atoms with Crippen molar-refractivity contribution in [2.45, 2.75) is 6.18 Å². The highest BCUT2D eigenvalue weighted by Crippen LogP contribution is 2.29. The van der Waals surface area contributed by atoms with E-state index in [2.05, 4.69) is 4.98 Å². The molecule has 0 bridgehead atoms. The number of rotatable bonds is 4. The Kier molecular flexibility index (Phi) is 6.05. The molecule has 2 aromatic carbocycles. The van der Waals surface area contributed by atoms with E-state index >= 15 is 0 Å². The van der Waals surface area contributed by atoms with Gasteiger partial charge in [0.25, 0.3) is 17.5 Å². The van der Waals surface area contributed by atoms with Crippen LogP contribution in [0, 0.1) is 10.1 Å². The summed E-state index contributed by atoms with van der Waals surface area (Å²) in [6.07, 6.45) is -0.0404. The van der Waals surface area contributed by atoms with Crippen LogP contribution >= 0.6 is 0 Å². The largest absolute Gasteiger partial charge is 0.416 e. The average Bonchev–Trinajstić information content (AvgIpc) is 3.37. The summed E-state index contributed by atoms with van der Waals surface area (Å²) >= 11 is 0. The van der Waals surface area contributed by atoms with Gasteiger partial charge in [0.2, 0.25) is 0 Å². The number of piperazine rings is 1. The number of nitro benzene ring substituents is 1. The lowest BCUT2D eigenvalue weighted by Crippen LogP contribution is -2.50. The fraction of sp³-hybridized carbons (Fsp3) is 0.227. The van der Waals surface area contributed by atoms with Crippen LogP contribution in [0.25, 0.3) is 5.69 Å². The van der Waals surface area contributed by atoms with E-state index < -0.39 is 28.5 Å². The van der Waals surface area contributed by atoms with Crippen LogP contribution in [0.4, 0.5) is 18.9 Å². The van der Waals surface area contributed by atoms with Gasteiger partial charge in [0.15, 0.2) is 0 Å². The zero-order chi connectivity index (χ0) is 24.5. The van der Waals surface area contributed by atoms with Crippen molar-refractivity contribution >= 4 is 17.5 Å². The second kappa shape index (κ2) is 8.96. The molecule has 0 unspecified atom stereocenters. The Morgan fingerprint density at radius 1 is 0.912 bits per heavy atom. The maximum Gasteiger partial charge on any atom is 0.416 e. The molecule has 1 aromatic heterocycles. The number of alkyl halides is 3. The Bertz CT molecular complexity index is 1220. The van der Waals surface area contributed by atoms with Crippen molar-refractivity contribution in [2.24, 2.45) is 0 Å². The first-order chi connectivity index (χ1) is 16.1. The molecule has 2 heterocycles. The summed E-state index contributed by atoms with van der Waals surface area (Å²) in [7, 11) is 0. The van der Waals surface area contributed by atoms with Crippen molar-refractivity contribution in [3.8, 4) is 5.69 Å². The summed E-state index contributed by atoms with van der Waals surface area (Å²) in [4.78, 5) is 43.3. The molecule has 0 saturated carbocycles. The Hall–Kier alpha value is -4.22. The molecule has 1 aliphatic rings. The molecule has 0 N–H and O–H groups in total. The molecule has 0 radical (unpaired) electrons. The fourth-order valence-corrected chi connectivity index (χ4v) is 3.70. The van der Waals surface area contributed by atoms with Crippen molar-refractivity contribution in [1.82, 2.24) is 19.4 Å². The number of carbonyl (C=O) groups is 2. The lowest BCUT2D eigenvalue weighted by Gasteiger charge is -2.35. The highest BCUT2D eigenvalue weighted by molar-refractivity contribution is 5.96. The zero-order valence-corrected chi connectivity index (χ0v) is 17.6. The van der Waals surface area contributed by atoms with Gasteiger partial charge in [-0.1, -0.05) is 0 Å². The van der Waals surface area contributed by atoms with Crippen LogP contribution in [-0.4, -0.2) is 62.3 Å². The van der Waals surface area contributed by atoms with E-state index in [4.69, 9.17) is 0 Å². The average molecular weight is 473 g/mol. The van der Waals surface area contributed by atoms with Gasteiger partial charge < -0.3 is 14.4 Å². The standard InChI is InChI=1S/C22H18F3N5O4/c23-22(24,25)17-4-1-15(2-5-17)20(31)27-9-11-28(12-10-27)21(32)16-3-6-18(19(13-16)30(33)34)29-8-7-26-14-29/h1-8,13-14H,9-12H2. The molecule has 1 aliphatic heterocycles. The molecule has 9 nitrogen and oxygen atoms in total. The van der Waals surface area contributed by atoms with Gasteiger partial charge >= 0.3 is 6.18 Å². The number of imidazole rings is 1. The Balaban J connectivity index is 1.43. The number of amides is 2. The van der Waals surface area contributed by atoms with Crippen molar-refractivity contribution in [3.63, 3.8) is 0 Å². The number of benzene rings is 2. The van der Waals surface area contributed by atoms with Crippen LogP contribution in [0.5, 0.6) is 0 Å². The van der Waals surface area contributed by atoms with E-state index in [0.29, 0.717) is 0 Å². The lowest BCUT2D eigenvalue weighted by atomic mass is 10.1. The summed E-state index contributed by atoms with van der Waals surface area (Å²) in [5.74, 6) is -0.844. The van der Waals surface area contributed by atoms with Gasteiger partial charge in [-0.25, -0.2) is 4.98 Å².